The van der Waals surface area contributed by atoms with Gasteiger partial charge in [0.15, 0.2) is 6.29 Å². The number of fused-ring (bicyclic) bond motifs is 1. The maximum atomic E-state index is 5.93. The molecule has 6 heteroatoms. The zero-order valence-electron chi connectivity index (χ0n) is 11.6. The summed E-state index contributed by atoms with van der Waals surface area (Å²) in [6, 6.07) is 0. The van der Waals surface area contributed by atoms with Crippen LogP contribution in [0.5, 0.6) is 0 Å². The quantitative estimate of drug-likeness (QED) is 0.483. The van der Waals surface area contributed by atoms with Crippen molar-refractivity contribution in [2.75, 3.05) is 13.3 Å². The molecule has 0 aliphatic carbocycles. The van der Waals surface area contributed by atoms with Crippen molar-refractivity contribution in [1.82, 2.24) is 0 Å². The van der Waals surface area contributed by atoms with Gasteiger partial charge >= 0.3 is 21.1 Å². The van der Waals surface area contributed by atoms with Gasteiger partial charge in [0.05, 0.1) is 18.8 Å². The summed E-state index contributed by atoms with van der Waals surface area (Å²) in [4.78, 5) is 0. The second-order valence-electron chi connectivity index (χ2n) is 4.57. The molecule has 6 unspecified atom stereocenters. The molecule has 2 aliphatic rings. The van der Waals surface area contributed by atoms with E-state index in [0.717, 1.165) is 0 Å². The van der Waals surface area contributed by atoms with E-state index in [-0.39, 0.29) is 52.9 Å². The molecule has 0 spiro atoms. The average Bonchev–Trinajstić information content (AvgIpc) is 2.22. The van der Waals surface area contributed by atoms with Crippen LogP contribution in [0.15, 0.2) is 0 Å². The smallest absolute Gasteiger partial charge is 0.546 e. The van der Waals surface area contributed by atoms with Crippen molar-refractivity contribution in [2.45, 2.75) is 44.9 Å². The van der Waals surface area contributed by atoms with Gasteiger partial charge in [0.2, 0.25) is 0 Å². The Hall–Kier alpha value is 0.958. The van der Waals surface area contributed by atoms with E-state index in [1.165, 1.54) is 0 Å². The summed E-state index contributed by atoms with van der Waals surface area (Å²) in [5, 5.41) is 0. The molecule has 6 atom stereocenters. The first-order chi connectivity index (χ1) is 7.58. The molecule has 0 aromatic rings. The second-order valence-corrected chi connectivity index (χ2v) is 5.21. The van der Waals surface area contributed by atoms with Crippen LogP contribution in [0.2, 0.25) is 0 Å². The summed E-state index contributed by atoms with van der Waals surface area (Å²) >= 11 is 0. The Morgan fingerprint density at radius 2 is 2.06 bits per heavy atom. The van der Waals surface area contributed by atoms with Crippen LogP contribution in [0, 0.1) is 20.0 Å². The van der Waals surface area contributed by atoms with Crippen LogP contribution in [0.4, 0.5) is 0 Å². The number of hydrogen-bond donors (Lipinski definition) is 0. The maximum absolute atomic E-state index is 5.93. The minimum atomic E-state index is -0.408. The third kappa shape index (κ3) is 3.53. The Bertz CT molecular complexity index is 254. The van der Waals surface area contributed by atoms with Crippen molar-refractivity contribution in [3.05, 3.63) is 14.0 Å². The molecule has 106 valence electrons. The van der Waals surface area contributed by atoms with Gasteiger partial charge in [0, 0.05) is 8.81 Å². The minimum Gasteiger partial charge on any atom is -0.546 e. The van der Waals surface area contributed by atoms with Crippen LogP contribution < -0.4 is 0 Å². The summed E-state index contributed by atoms with van der Waals surface area (Å²) in [6.07, 6.45) is -0.219. The van der Waals surface area contributed by atoms with Gasteiger partial charge in [0.25, 0.3) is 0 Å². The van der Waals surface area contributed by atoms with Gasteiger partial charge in [0.1, 0.15) is 5.60 Å². The molecule has 0 radical (unpaired) electrons. The van der Waals surface area contributed by atoms with Crippen LogP contribution in [0.25, 0.3) is 0 Å². The number of ether oxygens (including phenoxy) is 3. The zero-order valence-corrected chi connectivity index (χ0v) is 15.6. The fourth-order valence-electron chi connectivity index (χ4n) is 2.44. The van der Waals surface area contributed by atoms with E-state index in [1.807, 2.05) is 20.2 Å². The van der Waals surface area contributed by atoms with Crippen molar-refractivity contribution in [3.63, 3.8) is 0 Å². The third-order valence-corrected chi connectivity index (χ3v) is 3.78. The predicted octanol–water partition coefficient (Wildman–Crippen LogP) is 2.39. The fraction of sp³-hybridized carbons (Fsp3) is 0.833. The predicted molar refractivity (Wildman–Crippen MR) is 68.8 cm³/mol. The number of hydrogen-bond acceptors (Lipinski definition) is 4. The number of rotatable bonds is 2. The van der Waals surface area contributed by atoms with Crippen molar-refractivity contribution in [3.8, 4) is 0 Å². The molecular formula is C12H23O4PW. The monoisotopic (exact) mass is 446 g/mol. The van der Waals surface area contributed by atoms with Crippen LogP contribution in [0.1, 0.15) is 20.8 Å². The summed E-state index contributed by atoms with van der Waals surface area (Å²) in [6.45, 7) is 10.5. The van der Waals surface area contributed by atoms with Gasteiger partial charge in [-0.2, -0.15) is 0 Å². The van der Waals surface area contributed by atoms with Crippen LogP contribution in [0.3, 0.4) is 0 Å². The van der Waals surface area contributed by atoms with E-state index in [2.05, 4.69) is 13.8 Å². The molecule has 0 aromatic heterocycles. The fourth-order valence-corrected chi connectivity index (χ4v) is 3.15. The molecule has 18 heavy (non-hydrogen) atoms. The topological polar surface area (TPSA) is 36.9 Å². The molecule has 0 saturated carbocycles. The first-order valence-corrected chi connectivity index (χ1v) is 7.09. The van der Waals surface area contributed by atoms with Crippen molar-refractivity contribution in [2.24, 2.45) is 5.92 Å². The van der Waals surface area contributed by atoms with Crippen LogP contribution in [-0.4, -0.2) is 37.4 Å². The largest absolute Gasteiger partial charge is 2.00 e. The van der Waals surface area contributed by atoms with E-state index < -0.39 is 5.60 Å². The van der Waals surface area contributed by atoms with Crippen LogP contribution in [-0.2, 0) is 39.8 Å². The average molecular weight is 446 g/mol. The van der Waals surface area contributed by atoms with Crippen molar-refractivity contribution >= 4 is 8.81 Å². The van der Waals surface area contributed by atoms with Gasteiger partial charge in [-0.3, -0.25) is 0 Å². The first-order valence-electron chi connectivity index (χ1n) is 5.68. The summed E-state index contributed by atoms with van der Waals surface area (Å²) < 4.78 is 22.9. The molecule has 0 bridgehead atoms. The van der Waals surface area contributed by atoms with Gasteiger partial charge in [-0.15, -0.1) is 5.92 Å². The van der Waals surface area contributed by atoms with E-state index in [4.69, 9.17) is 18.7 Å². The maximum Gasteiger partial charge on any atom is 2.00 e. The summed E-state index contributed by atoms with van der Waals surface area (Å²) in [7, 11) is 0.455. The molecular weight excluding hydrogens is 423 g/mol. The Kier molecular flexibility index (Phi) is 8.07. The van der Waals surface area contributed by atoms with Gasteiger partial charge in [-0.25, -0.2) is 6.61 Å². The standard InChI is InChI=1S/C11H20O4P.CH3.W/c1-7-5-13-9-6-12-8(2)14-11(9,3)10(7)15-16-4;;/h5,7-10,16H,6H2,1-4H3;1H3;/q2*-1;+2. The zero-order chi connectivity index (χ0) is 11.8. The van der Waals surface area contributed by atoms with Gasteiger partial charge in [-0.1, -0.05) is 6.92 Å². The van der Waals surface area contributed by atoms with E-state index in [1.54, 1.807) is 0 Å². The molecule has 2 fully saturated rings. The Morgan fingerprint density at radius 1 is 1.39 bits per heavy atom. The molecule has 0 amide bonds. The van der Waals surface area contributed by atoms with E-state index >= 15 is 0 Å². The first kappa shape index (κ1) is 19.0. The molecule has 2 rings (SSSR count). The van der Waals surface area contributed by atoms with E-state index in [0.29, 0.717) is 15.4 Å². The van der Waals surface area contributed by atoms with Gasteiger partial charge in [-0.05, 0) is 20.5 Å². The Balaban J connectivity index is 0.00000144. The van der Waals surface area contributed by atoms with Gasteiger partial charge < -0.3 is 26.2 Å². The van der Waals surface area contributed by atoms with Crippen LogP contribution >= 0.6 is 8.81 Å². The molecule has 2 aliphatic heterocycles. The molecule has 4 nitrogen and oxygen atoms in total. The third-order valence-electron chi connectivity index (χ3n) is 3.29. The molecule has 2 saturated heterocycles. The minimum absolute atomic E-state index is 0. The van der Waals surface area contributed by atoms with Crippen molar-refractivity contribution in [1.29, 1.82) is 0 Å². The molecule has 2 heterocycles. The summed E-state index contributed by atoms with van der Waals surface area (Å²) in [5.41, 5.74) is -0.408. The second kappa shape index (κ2) is 7.66. The van der Waals surface area contributed by atoms with Crippen molar-refractivity contribution < 1.29 is 39.8 Å². The Morgan fingerprint density at radius 3 is 2.67 bits per heavy atom. The summed E-state index contributed by atoms with van der Waals surface area (Å²) in [5.74, 6) is 0.235. The Labute approximate surface area is 127 Å². The normalized spacial score (nSPS) is 44.0. The molecule has 0 N–H and O–H groups in total. The SMILES string of the molecule is CPOC1C(C)[CH-]OC2COC(C)OC21C.[CH3-].[W+2]. The molecule has 0 aromatic carbocycles. The van der Waals surface area contributed by atoms with E-state index in [9.17, 15) is 0 Å².